The molecule has 0 fully saturated rings. The highest BCUT2D eigenvalue weighted by atomic mass is 15.1. The van der Waals surface area contributed by atoms with Gasteiger partial charge in [0, 0.05) is 33.5 Å². The van der Waals surface area contributed by atoms with Gasteiger partial charge in [-0.1, -0.05) is 164 Å². The Morgan fingerprint density at radius 3 is 1.66 bits per heavy atom. The van der Waals surface area contributed by atoms with Crippen molar-refractivity contribution in [2.24, 2.45) is 0 Å². The van der Waals surface area contributed by atoms with E-state index < -0.39 is 0 Å². The number of rotatable bonds is 7. The van der Waals surface area contributed by atoms with Crippen LogP contribution in [0.4, 0.5) is 17.1 Å². The zero-order valence-electron chi connectivity index (χ0n) is 31.8. The van der Waals surface area contributed by atoms with Crippen LogP contribution in [0.25, 0.3) is 82.4 Å². The summed E-state index contributed by atoms with van der Waals surface area (Å²) in [6, 6.07) is 83.7. The Balaban J connectivity index is 1.07. The Kier molecular flexibility index (Phi) is 8.19. The minimum atomic E-state index is 1.09. The maximum absolute atomic E-state index is 2.38. The molecule has 2 heteroatoms. The highest BCUT2D eigenvalue weighted by molar-refractivity contribution is 6.16. The Hall–Kier alpha value is -7.68. The quantitative estimate of drug-likeness (QED) is 0.148. The lowest BCUT2D eigenvalue weighted by Gasteiger charge is -2.27. The summed E-state index contributed by atoms with van der Waals surface area (Å²) in [7, 11) is 0. The van der Waals surface area contributed by atoms with Gasteiger partial charge in [-0.05, 0) is 122 Å². The van der Waals surface area contributed by atoms with Gasteiger partial charge in [0.2, 0.25) is 0 Å². The van der Waals surface area contributed by atoms with E-state index in [-0.39, 0.29) is 0 Å². The van der Waals surface area contributed by atoms with Gasteiger partial charge in [-0.25, -0.2) is 0 Å². The van der Waals surface area contributed by atoms with Crippen molar-refractivity contribution in [1.82, 2.24) is 4.57 Å². The van der Waals surface area contributed by atoms with Crippen LogP contribution in [-0.2, 0) is 0 Å². The molecule has 0 unspecified atom stereocenters. The lowest BCUT2D eigenvalue weighted by Crippen LogP contribution is -2.10. The number of anilines is 3. The van der Waals surface area contributed by atoms with Gasteiger partial charge >= 0.3 is 0 Å². The van der Waals surface area contributed by atoms with E-state index in [1.165, 1.54) is 76.7 Å². The van der Waals surface area contributed by atoms with Gasteiger partial charge < -0.3 is 9.47 Å². The average Bonchev–Trinajstić information content (AvgIpc) is 3.65. The van der Waals surface area contributed by atoms with Gasteiger partial charge in [0.1, 0.15) is 0 Å². The van der Waals surface area contributed by atoms with E-state index in [1.807, 2.05) is 0 Å². The van der Waals surface area contributed by atoms with Gasteiger partial charge in [0.25, 0.3) is 0 Å². The second kappa shape index (κ2) is 14.1. The molecule has 0 aliphatic carbocycles. The maximum Gasteiger partial charge on any atom is 0.0547 e. The molecule has 0 atom stereocenters. The van der Waals surface area contributed by atoms with Crippen LogP contribution in [0, 0.1) is 0 Å². The van der Waals surface area contributed by atoms with E-state index in [0.29, 0.717) is 0 Å². The molecular formula is C56H38N2. The lowest BCUT2D eigenvalue weighted by atomic mass is 9.91. The Bertz CT molecular complexity index is 3250. The fourth-order valence-electron chi connectivity index (χ4n) is 8.88. The molecule has 0 saturated carbocycles. The average molecular weight is 739 g/mol. The van der Waals surface area contributed by atoms with Crippen molar-refractivity contribution >= 4 is 60.4 Å². The summed E-state index contributed by atoms with van der Waals surface area (Å²) in [5.74, 6) is 0. The van der Waals surface area contributed by atoms with Gasteiger partial charge in [0.15, 0.2) is 0 Å². The second-order valence-electron chi connectivity index (χ2n) is 14.9. The molecule has 0 aliphatic rings. The van der Waals surface area contributed by atoms with Gasteiger partial charge in [-0.2, -0.15) is 0 Å². The van der Waals surface area contributed by atoms with E-state index in [2.05, 4.69) is 240 Å². The molecule has 2 nitrogen and oxygen atoms in total. The largest absolute Gasteiger partial charge is 0.310 e. The molecule has 0 saturated heterocycles. The molecule has 0 bridgehead atoms. The van der Waals surface area contributed by atoms with Crippen molar-refractivity contribution < 1.29 is 0 Å². The predicted octanol–water partition coefficient (Wildman–Crippen LogP) is 15.6. The number of benzene rings is 10. The summed E-state index contributed by atoms with van der Waals surface area (Å²) in [5.41, 5.74) is 14.0. The van der Waals surface area contributed by atoms with Crippen LogP contribution >= 0.6 is 0 Å². The van der Waals surface area contributed by atoms with Crippen LogP contribution in [0.5, 0.6) is 0 Å². The predicted molar refractivity (Wildman–Crippen MR) is 247 cm³/mol. The second-order valence-corrected chi connectivity index (χ2v) is 14.9. The molecule has 1 aromatic heterocycles. The van der Waals surface area contributed by atoms with Crippen molar-refractivity contribution in [3.05, 3.63) is 231 Å². The minimum absolute atomic E-state index is 1.09. The summed E-state index contributed by atoms with van der Waals surface area (Å²) in [6.07, 6.45) is 0. The summed E-state index contributed by atoms with van der Waals surface area (Å²) >= 11 is 0. The summed E-state index contributed by atoms with van der Waals surface area (Å²) in [4.78, 5) is 2.38. The monoisotopic (exact) mass is 738 g/mol. The van der Waals surface area contributed by atoms with Crippen LogP contribution in [0.1, 0.15) is 0 Å². The van der Waals surface area contributed by atoms with Crippen molar-refractivity contribution in [2.45, 2.75) is 0 Å². The first-order valence-corrected chi connectivity index (χ1v) is 19.9. The molecule has 11 rings (SSSR count). The van der Waals surface area contributed by atoms with E-state index in [0.717, 1.165) is 22.7 Å². The van der Waals surface area contributed by atoms with E-state index >= 15 is 0 Å². The normalized spacial score (nSPS) is 11.4. The van der Waals surface area contributed by atoms with Gasteiger partial charge in [0.05, 0.1) is 11.0 Å². The molecule has 0 spiro atoms. The topological polar surface area (TPSA) is 8.17 Å². The van der Waals surface area contributed by atoms with Crippen LogP contribution in [0.2, 0.25) is 0 Å². The summed E-state index contributed by atoms with van der Waals surface area (Å²) < 4.78 is 2.38. The maximum atomic E-state index is 2.38. The molecule has 1 heterocycles. The van der Waals surface area contributed by atoms with E-state index in [4.69, 9.17) is 0 Å². The zero-order chi connectivity index (χ0) is 38.4. The highest BCUT2D eigenvalue weighted by Crippen LogP contribution is 2.43. The summed E-state index contributed by atoms with van der Waals surface area (Å²) in [6.45, 7) is 0. The molecule has 272 valence electrons. The first-order chi connectivity index (χ1) is 28.8. The number of fused-ring (bicyclic) bond motifs is 6. The SMILES string of the molecule is c1ccc(-c2ccc(N(c3ccccc3)c3ccc(-c4cccc5c4c4ccccc4n5-c4ccccc4)cc3)cc2-c2ccc3ccc4ccccc4c3c2)cc1. The lowest BCUT2D eigenvalue weighted by molar-refractivity contribution is 1.18. The third-order valence-electron chi connectivity index (χ3n) is 11.6. The van der Waals surface area contributed by atoms with Crippen molar-refractivity contribution in [1.29, 1.82) is 0 Å². The first-order valence-electron chi connectivity index (χ1n) is 19.9. The molecule has 0 N–H and O–H groups in total. The number of hydrogen-bond acceptors (Lipinski definition) is 1. The van der Waals surface area contributed by atoms with E-state index in [1.54, 1.807) is 0 Å². The zero-order valence-corrected chi connectivity index (χ0v) is 31.8. The van der Waals surface area contributed by atoms with Crippen LogP contribution in [-0.4, -0.2) is 4.57 Å². The first kappa shape index (κ1) is 33.6. The fourth-order valence-corrected chi connectivity index (χ4v) is 8.88. The smallest absolute Gasteiger partial charge is 0.0547 e. The molecule has 0 aliphatic heterocycles. The Morgan fingerprint density at radius 2 is 0.862 bits per heavy atom. The third-order valence-corrected chi connectivity index (χ3v) is 11.6. The van der Waals surface area contributed by atoms with Crippen LogP contribution in [0.15, 0.2) is 231 Å². The number of nitrogens with zero attached hydrogens (tertiary/aromatic N) is 2. The standard InChI is InChI=1S/C56H38N2/c1-4-15-39(16-5-1)49-36-35-47(38-53(49)43-30-29-42-28-27-40-17-10-11-22-48(40)52(42)37-43)57(44-18-6-2-7-19-44)46-33-31-41(32-34-46)50-24-14-26-55-56(50)51-23-12-13-25-54(51)58(55)45-20-8-3-9-21-45/h1-38H. The number of aromatic nitrogens is 1. The van der Waals surface area contributed by atoms with Crippen molar-refractivity contribution in [2.75, 3.05) is 4.90 Å². The molecule has 0 radical (unpaired) electrons. The number of hydrogen-bond donors (Lipinski definition) is 0. The Labute approximate surface area is 338 Å². The molecular weight excluding hydrogens is 701 g/mol. The van der Waals surface area contributed by atoms with Crippen molar-refractivity contribution in [3.63, 3.8) is 0 Å². The molecule has 58 heavy (non-hydrogen) atoms. The van der Waals surface area contributed by atoms with Crippen LogP contribution in [0.3, 0.4) is 0 Å². The fraction of sp³-hybridized carbons (Fsp3) is 0. The minimum Gasteiger partial charge on any atom is -0.310 e. The van der Waals surface area contributed by atoms with Crippen molar-refractivity contribution in [3.8, 4) is 39.1 Å². The Morgan fingerprint density at radius 1 is 0.293 bits per heavy atom. The third kappa shape index (κ3) is 5.74. The van der Waals surface area contributed by atoms with Crippen LogP contribution < -0.4 is 4.90 Å². The van der Waals surface area contributed by atoms with Gasteiger partial charge in [-0.15, -0.1) is 0 Å². The highest BCUT2D eigenvalue weighted by Gasteiger charge is 2.19. The molecule has 0 amide bonds. The number of para-hydroxylation sites is 3. The molecule has 10 aromatic carbocycles. The van der Waals surface area contributed by atoms with Gasteiger partial charge in [-0.3, -0.25) is 0 Å². The van der Waals surface area contributed by atoms with E-state index in [9.17, 15) is 0 Å². The molecule has 11 aromatic rings. The summed E-state index contributed by atoms with van der Waals surface area (Å²) in [5, 5.41) is 7.54.